The summed E-state index contributed by atoms with van der Waals surface area (Å²) in [6.45, 7) is 5.27. The standard InChI is InChI=1S/C9H14N4O2/c1-9(2,3)15-8(14)7-12-4-5(10)6(11)13-7/h4H,10H2,1-3H3,(H2,11,12,13). The zero-order valence-electron chi connectivity index (χ0n) is 8.94. The maximum absolute atomic E-state index is 11.5. The van der Waals surface area contributed by atoms with Gasteiger partial charge in [-0.15, -0.1) is 0 Å². The molecular weight excluding hydrogens is 196 g/mol. The van der Waals surface area contributed by atoms with Crippen LogP contribution >= 0.6 is 0 Å². The Morgan fingerprint density at radius 1 is 1.40 bits per heavy atom. The van der Waals surface area contributed by atoms with E-state index >= 15 is 0 Å². The van der Waals surface area contributed by atoms with Crippen molar-refractivity contribution < 1.29 is 9.53 Å². The predicted molar refractivity (Wildman–Crippen MR) is 56.0 cm³/mol. The zero-order chi connectivity index (χ0) is 11.6. The van der Waals surface area contributed by atoms with Crippen LogP contribution < -0.4 is 11.5 Å². The third-order valence-corrected chi connectivity index (χ3v) is 1.43. The van der Waals surface area contributed by atoms with Crippen molar-refractivity contribution in [2.75, 3.05) is 11.5 Å². The van der Waals surface area contributed by atoms with Crippen LogP contribution in [0.1, 0.15) is 31.4 Å². The second-order valence-corrected chi connectivity index (χ2v) is 4.04. The second kappa shape index (κ2) is 3.72. The van der Waals surface area contributed by atoms with Crippen LogP contribution in [-0.4, -0.2) is 21.5 Å². The number of nitrogens with two attached hydrogens (primary N) is 2. The summed E-state index contributed by atoms with van der Waals surface area (Å²) in [7, 11) is 0. The van der Waals surface area contributed by atoms with Gasteiger partial charge in [0, 0.05) is 0 Å². The van der Waals surface area contributed by atoms with E-state index in [1.807, 2.05) is 0 Å². The molecule has 0 saturated carbocycles. The first-order chi connectivity index (χ1) is 6.79. The van der Waals surface area contributed by atoms with Gasteiger partial charge in [0.1, 0.15) is 5.60 Å². The minimum absolute atomic E-state index is 0.0749. The Morgan fingerprint density at radius 2 is 2.00 bits per heavy atom. The third-order valence-electron chi connectivity index (χ3n) is 1.43. The summed E-state index contributed by atoms with van der Waals surface area (Å²) >= 11 is 0. The first-order valence-electron chi connectivity index (χ1n) is 4.41. The molecule has 0 saturated heterocycles. The highest BCUT2D eigenvalue weighted by Gasteiger charge is 2.20. The smallest absolute Gasteiger partial charge is 0.376 e. The highest BCUT2D eigenvalue weighted by molar-refractivity contribution is 5.86. The number of aromatic nitrogens is 2. The monoisotopic (exact) mass is 210 g/mol. The van der Waals surface area contributed by atoms with Crippen molar-refractivity contribution in [2.45, 2.75) is 26.4 Å². The first-order valence-corrected chi connectivity index (χ1v) is 4.41. The van der Waals surface area contributed by atoms with Gasteiger partial charge < -0.3 is 16.2 Å². The van der Waals surface area contributed by atoms with Crippen LogP contribution in [0, 0.1) is 0 Å². The van der Waals surface area contributed by atoms with Gasteiger partial charge in [-0.1, -0.05) is 0 Å². The van der Waals surface area contributed by atoms with Crippen molar-refractivity contribution in [3.05, 3.63) is 12.0 Å². The minimum atomic E-state index is -0.616. The molecule has 1 heterocycles. The second-order valence-electron chi connectivity index (χ2n) is 4.04. The van der Waals surface area contributed by atoms with Crippen LogP contribution in [0.3, 0.4) is 0 Å². The Balaban J connectivity index is 2.88. The molecule has 0 aliphatic carbocycles. The van der Waals surface area contributed by atoms with E-state index in [2.05, 4.69) is 9.97 Å². The van der Waals surface area contributed by atoms with E-state index in [0.717, 1.165) is 0 Å². The molecule has 0 radical (unpaired) electrons. The fourth-order valence-corrected chi connectivity index (χ4v) is 0.826. The summed E-state index contributed by atoms with van der Waals surface area (Å²) in [5.41, 5.74) is 10.5. The summed E-state index contributed by atoms with van der Waals surface area (Å²) in [4.78, 5) is 18.9. The van der Waals surface area contributed by atoms with Gasteiger partial charge in [-0.2, -0.15) is 0 Å². The van der Waals surface area contributed by atoms with Crippen LogP contribution in [0.5, 0.6) is 0 Å². The van der Waals surface area contributed by atoms with Crippen molar-refractivity contribution >= 4 is 17.5 Å². The zero-order valence-corrected chi connectivity index (χ0v) is 8.94. The van der Waals surface area contributed by atoms with E-state index in [-0.39, 0.29) is 17.3 Å². The van der Waals surface area contributed by atoms with Crippen LogP contribution in [0.2, 0.25) is 0 Å². The van der Waals surface area contributed by atoms with Crippen molar-refractivity contribution in [3.63, 3.8) is 0 Å². The molecule has 4 N–H and O–H groups in total. The molecule has 0 spiro atoms. The molecular formula is C9H14N4O2. The normalized spacial score (nSPS) is 11.1. The van der Waals surface area contributed by atoms with E-state index in [4.69, 9.17) is 16.2 Å². The number of carbonyl (C=O) groups is 1. The van der Waals surface area contributed by atoms with Crippen LogP contribution in [0.4, 0.5) is 11.5 Å². The lowest BCUT2D eigenvalue weighted by Crippen LogP contribution is -2.25. The lowest BCUT2D eigenvalue weighted by Gasteiger charge is -2.18. The fourth-order valence-electron chi connectivity index (χ4n) is 0.826. The van der Waals surface area contributed by atoms with Gasteiger partial charge in [0.2, 0.25) is 5.82 Å². The van der Waals surface area contributed by atoms with Gasteiger partial charge in [0.25, 0.3) is 0 Å². The van der Waals surface area contributed by atoms with E-state index < -0.39 is 11.6 Å². The highest BCUT2D eigenvalue weighted by Crippen LogP contribution is 2.12. The molecule has 6 nitrogen and oxygen atoms in total. The molecule has 6 heteroatoms. The van der Waals surface area contributed by atoms with Gasteiger partial charge in [0.05, 0.1) is 11.9 Å². The molecule has 0 aliphatic rings. The van der Waals surface area contributed by atoms with Gasteiger partial charge >= 0.3 is 5.97 Å². The predicted octanol–water partition coefficient (Wildman–Crippen LogP) is 0.596. The van der Waals surface area contributed by atoms with Crippen molar-refractivity contribution in [2.24, 2.45) is 0 Å². The number of nitrogen functional groups attached to an aromatic ring is 2. The summed E-state index contributed by atoms with van der Waals surface area (Å²) in [6.07, 6.45) is 1.28. The number of rotatable bonds is 1. The molecule has 0 amide bonds. The minimum Gasteiger partial charge on any atom is -0.454 e. The fraction of sp³-hybridized carbons (Fsp3) is 0.444. The van der Waals surface area contributed by atoms with Gasteiger partial charge in [-0.05, 0) is 20.8 Å². The maximum Gasteiger partial charge on any atom is 0.376 e. The Hall–Kier alpha value is -1.85. The van der Waals surface area contributed by atoms with Gasteiger partial charge in [-0.3, -0.25) is 0 Å². The first kappa shape index (κ1) is 11.2. The average Bonchev–Trinajstić information content (AvgIpc) is 2.06. The van der Waals surface area contributed by atoms with E-state index in [1.54, 1.807) is 20.8 Å². The number of hydrogen-bond donors (Lipinski definition) is 2. The van der Waals surface area contributed by atoms with Crippen LogP contribution in [0.25, 0.3) is 0 Å². The number of esters is 1. The lowest BCUT2D eigenvalue weighted by atomic mass is 10.2. The number of anilines is 2. The largest absolute Gasteiger partial charge is 0.454 e. The van der Waals surface area contributed by atoms with Crippen molar-refractivity contribution in [1.82, 2.24) is 9.97 Å². The van der Waals surface area contributed by atoms with Crippen LogP contribution in [-0.2, 0) is 4.74 Å². The molecule has 0 aromatic carbocycles. The number of ether oxygens (including phenoxy) is 1. The SMILES string of the molecule is CC(C)(C)OC(=O)c1ncc(N)c(N)n1. The number of carbonyl (C=O) groups excluding carboxylic acids is 1. The summed E-state index contributed by atoms with van der Waals surface area (Å²) in [6, 6.07) is 0. The summed E-state index contributed by atoms with van der Waals surface area (Å²) < 4.78 is 5.06. The number of hydrogen-bond acceptors (Lipinski definition) is 6. The molecule has 0 fully saturated rings. The Kier molecular flexibility index (Phi) is 2.78. The Labute approximate surface area is 87.7 Å². The lowest BCUT2D eigenvalue weighted by molar-refractivity contribution is 0.00558. The molecule has 1 aromatic rings. The highest BCUT2D eigenvalue weighted by atomic mass is 16.6. The number of nitrogens with zero attached hydrogens (tertiary/aromatic N) is 2. The van der Waals surface area contributed by atoms with Crippen molar-refractivity contribution in [1.29, 1.82) is 0 Å². The molecule has 1 rings (SSSR count). The molecule has 0 aliphatic heterocycles. The maximum atomic E-state index is 11.5. The Bertz CT molecular complexity index is 384. The molecule has 0 unspecified atom stereocenters. The molecule has 82 valence electrons. The molecule has 15 heavy (non-hydrogen) atoms. The average molecular weight is 210 g/mol. The van der Waals surface area contributed by atoms with Crippen LogP contribution in [0.15, 0.2) is 6.20 Å². The molecule has 0 atom stereocenters. The quantitative estimate of drug-likeness (QED) is 0.657. The summed E-state index contributed by atoms with van der Waals surface area (Å²) in [5, 5.41) is 0. The van der Waals surface area contributed by atoms with E-state index in [9.17, 15) is 4.79 Å². The van der Waals surface area contributed by atoms with Gasteiger partial charge in [0.15, 0.2) is 5.82 Å². The topological polar surface area (TPSA) is 104 Å². The third kappa shape index (κ3) is 3.08. The van der Waals surface area contributed by atoms with Gasteiger partial charge in [-0.25, -0.2) is 14.8 Å². The molecule has 0 bridgehead atoms. The van der Waals surface area contributed by atoms with E-state index in [0.29, 0.717) is 0 Å². The summed E-state index contributed by atoms with van der Waals surface area (Å²) in [5.74, 6) is -0.628. The van der Waals surface area contributed by atoms with Crippen molar-refractivity contribution in [3.8, 4) is 0 Å². The van der Waals surface area contributed by atoms with E-state index in [1.165, 1.54) is 6.20 Å². The Morgan fingerprint density at radius 3 is 2.47 bits per heavy atom. The molecule has 1 aromatic heterocycles.